The molecule has 0 aromatic carbocycles. The summed E-state index contributed by atoms with van der Waals surface area (Å²) in [5.74, 6) is -0.821. The Balaban J connectivity index is 2.16. The van der Waals surface area contributed by atoms with Gasteiger partial charge >= 0.3 is 5.97 Å². The van der Waals surface area contributed by atoms with Crippen LogP contribution in [0.4, 0.5) is 0 Å². The monoisotopic (exact) mass is 251 g/mol. The SMILES string of the molecule is Cc1cc(C)c(C(=O)O)c(OCC2CCCO2)n1. The van der Waals surface area contributed by atoms with Gasteiger partial charge in [0.05, 0.1) is 6.10 Å². The number of carboxylic acid groups (broad SMARTS) is 1. The number of aryl methyl sites for hydroxylation is 2. The third-order valence-electron chi connectivity index (χ3n) is 2.96. The molecule has 18 heavy (non-hydrogen) atoms. The summed E-state index contributed by atoms with van der Waals surface area (Å²) in [6.07, 6.45) is 2.03. The number of pyridine rings is 1. The topological polar surface area (TPSA) is 68.7 Å². The summed E-state index contributed by atoms with van der Waals surface area (Å²) in [5.41, 5.74) is 1.55. The predicted octanol–water partition coefficient (Wildman–Crippen LogP) is 1.95. The van der Waals surface area contributed by atoms with E-state index in [9.17, 15) is 9.90 Å². The quantitative estimate of drug-likeness (QED) is 0.885. The van der Waals surface area contributed by atoms with Gasteiger partial charge in [-0.15, -0.1) is 0 Å². The molecule has 0 radical (unpaired) electrons. The van der Waals surface area contributed by atoms with Crippen LogP contribution in [-0.2, 0) is 4.74 Å². The van der Waals surface area contributed by atoms with E-state index in [1.807, 2.05) is 6.92 Å². The van der Waals surface area contributed by atoms with Crippen LogP contribution in [0, 0.1) is 13.8 Å². The Morgan fingerprint density at radius 2 is 2.39 bits per heavy atom. The van der Waals surface area contributed by atoms with Crippen molar-refractivity contribution in [2.24, 2.45) is 0 Å². The van der Waals surface area contributed by atoms with Gasteiger partial charge in [-0.3, -0.25) is 0 Å². The lowest BCUT2D eigenvalue weighted by Crippen LogP contribution is -2.18. The number of rotatable bonds is 4. The first-order valence-corrected chi connectivity index (χ1v) is 6.04. The second-order valence-electron chi connectivity index (χ2n) is 4.51. The molecule has 1 unspecified atom stereocenters. The van der Waals surface area contributed by atoms with Gasteiger partial charge in [0, 0.05) is 12.3 Å². The first kappa shape index (κ1) is 12.8. The third kappa shape index (κ3) is 2.79. The molecule has 98 valence electrons. The van der Waals surface area contributed by atoms with Crippen LogP contribution >= 0.6 is 0 Å². The van der Waals surface area contributed by atoms with Gasteiger partial charge < -0.3 is 14.6 Å². The molecule has 1 fully saturated rings. The van der Waals surface area contributed by atoms with Crippen LogP contribution in [0.3, 0.4) is 0 Å². The second kappa shape index (κ2) is 5.35. The van der Waals surface area contributed by atoms with E-state index in [0.717, 1.165) is 25.1 Å². The van der Waals surface area contributed by atoms with E-state index >= 15 is 0 Å². The van der Waals surface area contributed by atoms with Crippen LogP contribution in [0.1, 0.15) is 34.5 Å². The van der Waals surface area contributed by atoms with E-state index in [2.05, 4.69) is 4.98 Å². The summed E-state index contributed by atoms with van der Waals surface area (Å²) < 4.78 is 11.0. The Hall–Kier alpha value is -1.62. The summed E-state index contributed by atoms with van der Waals surface area (Å²) in [6, 6.07) is 1.74. The van der Waals surface area contributed by atoms with Crippen molar-refractivity contribution in [1.29, 1.82) is 0 Å². The van der Waals surface area contributed by atoms with Gasteiger partial charge in [-0.25, -0.2) is 9.78 Å². The maximum atomic E-state index is 11.2. The molecule has 2 rings (SSSR count). The first-order valence-electron chi connectivity index (χ1n) is 6.04. The average molecular weight is 251 g/mol. The van der Waals surface area contributed by atoms with E-state index in [1.54, 1.807) is 13.0 Å². The summed E-state index contributed by atoms with van der Waals surface area (Å²) >= 11 is 0. The van der Waals surface area contributed by atoms with Crippen molar-refractivity contribution in [2.45, 2.75) is 32.8 Å². The van der Waals surface area contributed by atoms with E-state index in [0.29, 0.717) is 12.2 Å². The fraction of sp³-hybridized carbons (Fsp3) is 0.538. The fourth-order valence-electron chi connectivity index (χ4n) is 2.11. The van der Waals surface area contributed by atoms with Crippen molar-refractivity contribution in [3.63, 3.8) is 0 Å². The summed E-state index contributed by atoms with van der Waals surface area (Å²) in [7, 11) is 0. The smallest absolute Gasteiger partial charge is 0.341 e. The molecule has 0 amide bonds. The zero-order valence-corrected chi connectivity index (χ0v) is 10.6. The highest BCUT2D eigenvalue weighted by molar-refractivity contribution is 5.91. The van der Waals surface area contributed by atoms with Crippen molar-refractivity contribution < 1.29 is 19.4 Å². The van der Waals surface area contributed by atoms with Gasteiger partial charge in [-0.05, 0) is 38.3 Å². The van der Waals surface area contributed by atoms with Crippen LogP contribution in [0.15, 0.2) is 6.07 Å². The van der Waals surface area contributed by atoms with Gasteiger partial charge in [-0.1, -0.05) is 0 Å². The van der Waals surface area contributed by atoms with E-state index in [4.69, 9.17) is 9.47 Å². The summed E-state index contributed by atoms with van der Waals surface area (Å²) in [4.78, 5) is 15.4. The first-order chi connectivity index (χ1) is 8.58. The molecule has 1 aromatic heterocycles. The Bertz CT molecular complexity index is 453. The lowest BCUT2D eigenvalue weighted by molar-refractivity contribution is 0.0615. The van der Waals surface area contributed by atoms with Crippen molar-refractivity contribution in [3.8, 4) is 5.88 Å². The average Bonchev–Trinajstić information content (AvgIpc) is 2.77. The molecular weight excluding hydrogens is 234 g/mol. The molecule has 1 aromatic rings. The number of ether oxygens (including phenoxy) is 2. The van der Waals surface area contributed by atoms with Crippen LogP contribution in [0.25, 0.3) is 0 Å². The Kier molecular flexibility index (Phi) is 3.81. The molecule has 0 spiro atoms. The van der Waals surface area contributed by atoms with Crippen LogP contribution < -0.4 is 4.74 Å². The van der Waals surface area contributed by atoms with Crippen LogP contribution in [0.5, 0.6) is 5.88 Å². The molecule has 0 aliphatic carbocycles. The molecular formula is C13H17NO4. The highest BCUT2D eigenvalue weighted by Gasteiger charge is 2.20. The zero-order chi connectivity index (χ0) is 13.1. The predicted molar refractivity (Wildman–Crippen MR) is 65.1 cm³/mol. The third-order valence-corrected chi connectivity index (χ3v) is 2.96. The number of carboxylic acids is 1. The van der Waals surface area contributed by atoms with E-state index in [-0.39, 0.29) is 17.5 Å². The molecule has 1 saturated heterocycles. The molecule has 1 N–H and O–H groups in total. The minimum absolute atomic E-state index is 0.0502. The number of hydrogen-bond donors (Lipinski definition) is 1. The van der Waals surface area contributed by atoms with Crippen molar-refractivity contribution in [2.75, 3.05) is 13.2 Å². The Morgan fingerprint density at radius 3 is 3.00 bits per heavy atom. The molecule has 5 nitrogen and oxygen atoms in total. The Labute approximate surface area is 106 Å². The molecule has 1 aliphatic heterocycles. The lowest BCUT2D eigenvalue weighted by Gasteiger charge is -2.14. The molecule has 1 atom stereocenters. The highest BCUT2D eigenvalue weighted by atomic mass is 16.5. The van der Waals surface area contributed by atoms with Gasteiger partial charge in [0.25, 0.3) is 0 Å². The normalized spacial score (nSPS) is 18.9. The van der Waals surface area contributed by atoms with Crippen molar-refractivity contribution in [3.05, 3.63) is 22.9 Å². The maximum absolute atomic E-state index is 11.2. The fourth-order valence-corrected chi connectivity index (χ4v) is 2.11. The summed E-state index contributed by atoms with van der Waals surface area (Å²) in [6.45, 7) is 4.67. The maximum Gasteiger partial charge on any atom is 0.341 e. The van der Waals surface area contributed by atoms with E-state index in [1.165, 1.54) is 0 Å². The Morgan fingerprint density at radius 1 is 1.61 bits per heavy atom. The summed E-state index contributed by atoms with van der Waals surface area (Å²) in [5, 5.41) is 9.18. The molecule has 0 saturated carbocycles. The second-order valence-corrected chi connectivity index (χ2v) is 4.51. The molecule has 0 bridgehead atoms. The van der Waals surface area contributed by atoms with E-state index < -0.39 is 5.97 Å². The number of carbonyl (C=O) groups is 1. The van der Waals surface area contributed by atoms with Crippen molar-refractivity contribution >= 4 is 5.97 Å². The van der Waals surface area contributed by atoms with Crippen molar-refractivity contribution in [1.82, 2.24) is 4.98 Å². The molecule has 5 heteroatoms. The molecule has 2 heterocycles. The van der Waals surface area contributed by atoms with Gasteiger partial charge in [0.1, 0.15) is 12.2 Å². The number of aromatic carboxylic acids is 1. The number of hydrogen-bond acceptors (Lipinski definition) is 4. The van der Waals surface area contributed by atoms with Gasteiger partial charge in [0.15, 0.2) is 0 Å². The minimum atomic E-state index is -1.01. The molecule has 1 aliphatic rings. The van der Waals surface area contributed by atoms with Gasteiger partial charge in [-0.2, -0.15) is 0 Å². The number of nitrogens with zero attached hydrogens (tertiary/aromatic N) is 1. The van der Waals surface area contributed by atoms with Crippen LogP contribution in [0.2, 0.25) is 0 Å². The largest absolute Gasteiger partial charge is 0.477 e. The highest BCUT2D eigenvalue weighted by Crippen LogP contribution is 2.22. The number of aromatic nitrogens is 1. The lowest BCUT2D eigenvalue weighted by atomic mass is 10.1. The standard InChI is InChI=1S/C13H17NO4/c1-8-6-9(2)14-12(11(8)13(15)16)18-7-10-4-3-5-17-10/h6,10H,3-5,7H2,1-2H3,(H,15,16). The van der Waals surface area contributed by atoms with Crippen LogP contribution in [-0.4, -0.2) is 35.4 Å². The van der Waals surface area contributed by atoms with Gasteiger partial charge in [0.2, 0.25) is 5.88 Å². The zero-order valence-electron chi connectivity index (χ0n) is 10.6. The minimum Gasteiger partial charge on any atom is -0.477 e.